The molecular weight excluding hydrogens is 221 g/mol. The number of nitrogens with zero attached hydrogens (tertiary/aromatic N) is 1. The van der Waals surface area contributed by atoms with Gasteiger partial charge in [0.15, 0.2) is 5.75 Å². The number of rotatable bonds is 2. The molecule has 0 aliphatic carbocycles. The van der Waals surface area contributed by atoms with Gasteiger partial charge in [0.2, 0.25) is 0 Å². The zero-order valence-corrected chi connectivity index (χ0v) is 7.56. The van der Waals surface area contributed by atoms with Gasteiger partial charge in [-0.25, -0.2) is 0 Å². The predicted molar refractivity (Wildman–Crippen MR) is 43.8 cm³/mol. The average molecular weight is 227 g/mol. The summed E-state index contributed by atoms with van der Waals surface area (Å²) >= 11 is 5.49. The van der Waals surface area contributed by atoms with Crippen molar-refractivity contribution in [2.24, 2.45) is 5.73 Å². The van der Waals surface area contributed by atoms with Crippen LogP contribution in [0.25, 0.3) is 0 Å². The number of halogens is 4. The molecule has 0 radical (unpaired) electrons. The van der Waals surface area contributed by atoms with Gasteiger partial charge < -0.3 is 10.5 Å². The Bertz CT molecular complexity index is 329. The Hall–Kier alpha value is -1.01. The van der Waals surface area contributed by atoms with Crippen LogP contribution in [0.5, 0.6) is 5.75 Å². The SMILES string of the molecule is NCc1cc(Cl)c(OC(F)(F)F)cn1. The van der Waals surface area contributed by atoms with Gasteiger partial charge in [-0.1, -0.05) is 11.6 Å². The van der Waals surface area contributed by atoms with Crippen molar-refractivity contribution in [2.45, 2.75) is 12.9 Å². The minimum atomic E-state index is -4.77. The van der Waals surface area contributed by atoms with E-state index in [9.17, 15) is 13.2 Å². The molecule has 1 aromatic heterocycles. The van der Waals surface area contributed by atoms with Crippen molar-refractivity contribution in [2.75, 3.05) is 0 Å². The number of aromatic nitrogens is 1. The number of hydrogen-bond acceptors (Lipinski definition) is 3. The Kier molecular flexibility index (Phi) is 3.17. The largest absolute Gasteiger partial charge is 0.573 e. The van der Waals surface area contributed by atoms with Crippen LogP contribution in [0, 0.1) is 0 Å². The van der Waals surface area contributed by atoms with Gasteiger partial charge in [0.1, 0.15) is 0 Å². The van der Waals surface area contributed by atoms with E-state index in [1.165, 1.54) is 6.07 Å². The summed E-state index contributed by atoms with van der Waals surface area (Å²) in [5.41, 5.74) is 5.60. The van der Waals surface area contributed by atoms with Gasteiger partial charge in [0, 0.05) is 6.54 Å². The molecule has 0 aliphatic rings. The van der Waals surface area contributed by atoms with E-state index in [0.29, 0.717) is 5.69 Å². The van der Waals surface area contributed by atoms with Crippen LogP contribution in [0.1, 0.15) is 5.69 Å². The third-order valence-electron chi connectivity index (χ3n) is 1.31. The summed E-state index contributed by atoms with van der Waals surface area (Å²) in [6.07, 6.45) is -3.88. The second-order valence-corrected chi connectivity index (χ2v) is 2.77. The lowest BCUT2D eigenvalue weighted by molar-refractivity contribution is -0.274. The Balaban J connectivity index is 2.89. The molecule has 0 saturated carbocycles. The maximum Gasteiger partial charge on any atom is 0.573 e. The highest BCUT2D eigenvalue weighted by Gasteiger charge is 2.32. The molecule has 14 heavy (non-hydrogen) atoms. The molecule has 1 aromatic rings. The maximum absolute atomic E-state index is 11.8. The fraction of sp³-hybridized carbons (Fsp3) is 0.286. The Morgan fingerprint density at radius 2 is 2.14 bits per heavy atom. The minimum absolute atomic E-state index is 0.103. The molecule has 1 rings (SSSR count). The highest BCUT2D eigenvalue weighted by Crippen LogP contribution is 2.29. The molecule has 0 atom stereocenters. The smallest absolute Gasteiger partial charge is 0.403 e. The molecule has 0 saturated heterocycles. The molecule has 0 amide bonds. The van der Waals surface area contributed by atoms with Gasteiger partial charge >= 0.3 is 6.36 Å². The summed E-state index contributed by atoms with van der Waals surface area (Å²) in [7, 11) is 0. The van der Waals surface area contributed by atoms with Gasteiger partial charge in [-0.05, 0) is 6.07 Å². The molecular formula is C7H6ClF3N2O. The highest BCUT2D eigenvalue weighted by atomic mass is 35.5. The van der Waals surface area contributed by atoms with Crippen molar-refractivity contribution in [1.29, 1.82) is 0 Å². The zero-order valence-electron chi connectivity index (χ0n) is 6.81. The van der Waals surface area contributed by atoms with Crippen molar-refractivity contribution in [1.82, 2.24) is 4.98 Å². The average Bonchev–Trinajstić information content (AvgIpc) is 2.06. The summed E-state index contributed by atoms with van der Waals surface area (Å²) < 4.78 is 38.9. The standard InChI is InChI=1S/C7H6ClF3N2O/c8-5-1-4(2-12)13-3-6(5)14-7(9,10)11/h1,3H,2,12H2. The van der Waals surface area contributed by atoms with Crippen LogP contribution in [0.4, 0.5) is 13.2 Å². The van der Waals surface area contributed by atoms with Crippen LogP contribution in [0.3, 0.4) is 0 Å². The monoisotopic (exact) mass is 226 g/mol. The van der Waals surface area contributed by atoms with E-state index in [1.54, 1.807) is 0 Å². The number of pyridine rings is 1. The van der Waals surface area contributed by atoms with Gasteiger partial charge in [0.05, 0.1) is 16.9 Å². The van der Waals surface area contributed by atoms with Crippen molar-refractivity contribution in [3.63, 3.8) is 0 Å². The summed E-state index contributed by atoms with van der Waals surface area (Å²) in [6.45, 7) is 0.103. The second-order valence-electron chi connectivity index (χ2n) is 2.36. The van der Waals surface area contributed by atoms with E-state index in [1.807, 2.05) is 0 Å². The van der Waals surface area contributed by atoms with Gasteiger partial charge in [0.25, 0.3) is 0 Å². The van der Waals surface area contributed by atoms with Crippen LogP contribution < -0.4 is 10.5 Å². The van der Waals surface area contributed by atoms with Crippen LogP contribution in [0.2, 0.25) is 5.02 Å². The van der Waals surface area contributed by atoms with Crippen LogP contribution in [-0.4, -0.2) is 11.3 Å². The zero-order chi connectivity index (χ0) is 10.8. The van der Waals surface area contributed by atoms with Gasteiger partial charge in [-0.3, -0.25) is 4.98 Å². The quantitative estimate of drug-likeness (QED) is 0.840. The number of ether oxygens (including phenoxy) is 1. The van der Waals surface area contributed by atoms with Crippen LogP contribution in [-0.2, 0) is 6.54 Å². The molecule has 7 heteroatoms. The molecule has 2 N–H and O–H groups in total. The van der Waals surface area contributed by atoms with Gasteiger partial charge in [-0.2, -0.15) is 0 Å². The summed E-state index contributed by atoms with van der Waals surface area (Å²) in [4.78, 5) is 3.61. The van der Waals surface area contributed by atoms with Crippen molar-refractivity contribution < 1.29 is 17.9 Å². The fourth-order valence-electron chi connectivity index (χ4n) is 0.769. The van der Waals surface area contributed by atoms with E-state index in [2.05, 4.69) is 9.72 Å². The molecule has 0 fully saturated rings. The van der Waals surface area contributed by atoms with Crippen molar-refractivity contribution in [3.05, 3.63) is 23.0 Å². The normalized spacial score (nSPS) is 11.5. The highest BCUT2D eigenvalue weighted by molar-refractivity contribution is 6.32. The summed E-state index contributed by atoms with van der Waals surface area (Å²) in [5.74, 6) is -0.531. The Morgan fingerprint density at radius 3 is 2.57 bits per heavy atom. The second kappa shape index (κ2) is 4.02. The number of nitrogens with two attached hydrogens (primary N) is 1. The minimum Gasteiger partial charge on any atom is -0.403 e. The van der Waals surface area contributed by atoms with E-state index in [0.717, 1.165) is 6.20 Å². The molecule has 0 spiro atoms. The lowest BCUT2D eigenvalue weighted by Crippen LogP contribution is -2.17. The third kappa shape index (κ3) is 3.04. The van der Waals surface area contributed by atoms with Gasteiger partial charge in [-0.15, -0.1) is 13.2 Å². The first-order valence-corrected chi connectivity index (χ1v) is 3.90. The fourth-order valence-corrected chi connectivity index (χ4v) is 0.983. The van der Waals surface area contributed by atoms with Crippen molar-refractivity contribution in [3.8, 4) is 5.75 Å². The molecule has 0 aromatic carbocycles. The van der Waals surface area contributed by atoms with E-state index in [-0.39, 0.29) is 11.6 Å². The summed E-state index contributed by atoms with van der Waals surface area (Å²) in [5, 5.41) is -0.169. The first-order chi connectivity index (χ1) is 6.42. The number of hydrogen-bond donors (Lipinski definition) is 1. The van der Waals surface area contributed by atoms with Crippen LogP contribution >= 0.6 is 11.6 Å². The predicted octanol–water partition coefficient (Wildman–Crippen LogP) is 2.09. The third-order valence-corrected chi connectivity index (χ3v) is 1.61. The first-order valence-electron chi connectivity index (χ1n) is 3.52. The molecule has 78 valence electrons. The Labute approximate surface area is 82.6 Å². The van der Waals surface area contributed by atoms with E-state index < -0.39 is 12.1 Å². The van der Waals surface area contributed by atoms with Crippen molar-refractivity contribution >= 4 is 11.6 Å². The first kappa shape index (κ1) is 11.1. The van der Waals surface area contributed by atoms with E-state index >= 15 is 0 Å². The topological polar surface area (TPSA) is 48.1 Å². The maximum atomic E-state index is 11.8. The Morgan fingerprint density at radius 1 is 1.50 bits per heavy atom. The summed E-state index contributed by atoms with van der Waals surface area (Å²) in [6, 6.07) is 1.22. The molecule has 0 aliphatic heterocycles. The van der Waals surface area contributed by atoms with E-state index in [4.69, 9.17) is 17.3 Å². The number of alkyl halides is 3. The molecule has 1 heterocycles. The molecule has 3 nitrogen and oxygen atoms in total. The molecule has 0 unspecified atom stereocenters. The van der Waals surface area contributed by atoms with Crippen LogP contribution in [0.15, 0.2) is 12.3 Å². The lowest BCUT2D eigenvalue weighted by Gasteiger charge is -2.10. The molecule has 0 bridgehead atoms. The lowest BCUT2D eigenvalue weighted by atomic mass is 10.3.